The Morgan fingerprint density at radius 2 is 1.70 bits per heavy atom. The summed E-state index contributed by atoms with van der Waals surface area (Å²) in [7, 11) is -3.94. The lowest BCUT2D eigenvalue weighted by atomic mass is 10.1. The minimum absolute atomic E-state index is 0.0351. The Morgan fingerprint density at radius 3 is 2.24 bits per heavy atom. The molecule has 10 nitrogen and oxygen atoms in total. The van der Waals surface area contributed by atoms with E-state index >= 15 is 0 Å². The number of carboxylic acid groups (broad SMARTS) is 1. The van der Waals surface area contributed by atoms with Crippen molar-refractivity contribution in [2.75, 3.05) is 26.3 Å². The number of azide groups is 1. The average Bonchev–Trinajstić information content (AvgIpc) is 2.77. The number of hydrogen-bond donors (Lipinski definition) is 1. The fourth-order valence-corrected chi connectivity index (χ4v) is 5.29. The quantitative estimate of drug-likeness (QED) is 0.107. The molecule has 0 saturated heterocycles. The van der Waals surface area contributed by atoms with Crippen LogP contribution in [0.4, 0.5) is 4.79 Å². The zero-order valence-electron chi connectivity index (χ0n) is 19.7. The third-order valence-corrected chi connectivity index (χ3v) is 7.27. The van der Waals surface area contributed by atoms with Crippen LogP contribution in [0.15, 0.2) is 34.3 Å². The Bertz CT molecular complexity index is 850. The van der Waals surface area contributed by atoms with Crippen molar-refractivity contribution in [3.8, 4) is 0 Å². The molecule has 0 aliphatic rings. The van der Waals surface area contributed by atoms with Crippen LogP contribution in [-0.2, 0) is 19.3 Å². The van der Waals surface area contributed by atoms with Crippen molar-refractivity contribution in [1.29, 1.82) is 0 Å². The maximum absolute atomic E-state index is 13.5. The number of rotatable bonds is 17. The molecule has 0 saturated carbocycles. The van der Waals surface area contributed by atoms with Crippen LogP contribution >= 0.6 is 0 Å². The van der Waals surface area contributed by atoms with Gasteiger partial charge in [0.25, 0.3) is 0 Å². The zero-order valence-corrected chi connectivity index (χ0v) is 20.5. The van der Waals surface area contributed by atoms with Gasteiger partial charge in [-0.05, 0) is 51.3 Å². The molecular formula is C22H36N4O6S. The van der Waals surface area contributed by atoms with E-state index in [1.807, 2.05) is 20.8 Å². The van der Waals surface area contributed by atoms with Gasteiger partial charge in [-0.15, -0.1) is 0 Å². The third kappa shape index (κ3) is 10.00. The molecular weight excluding hydrogens is 448 g/mol. The van der Waals surface area contributed by atoms with E-state index in [4.69, 9.17) is 15.0 Å². The molecule has 33 heavy (non-hydrogen) atoms. The average molecular weight is 485 g/mol. The molecule has 0 aromatic heterocycles. The predicted octanol–water partition coefficient (Wildman–Crippen LogP) is 5.12. The largest absolute Gasteiger partial charge is 0.465 e. The molecule has 11 heteroatoms. The molecule has 1 unspecified atom stereocenters. The van der Waals surface area contributed by atoms with Crippen molar-refractivity contribution in [3.63, 3.8) is 0 Å². The van der Waals surface area contributed by atoms with E-state index in [-0.39, 0.29) is 24.3 Å². The standard InChI is InChI=1S/C22H36N4O6S/c1-4-31-21(32-5-2)15-17-26(22(27)28)20(10-8-6-7-9-16-24-25-23)33(29,30)19-13-11-18(3)12-14-19/h11-14,20-21H,4-10,15-17H2,1-3H3,(H,27,28). The number of sulfone groups is 1. The van der Waals surface area contributed by atoms with Gasteiger partial charge in [0.1, 0.15) is 5.37 Å². The first kappa shape index (κ1) is 28.7. The van der Waals surface area contributed by atoms with Crippen molar-refractivity contribution in [3.05, 3.63) is 40.3 Å². The molecule has 0 fully saturated rings. The zero-order chi connectivity index (χ0) is 24.7. The van der Waals surface area contributed by atoms with Gasteiger partial charge in [-0.2, -0.15) is 0 Å². The van der Waals surface area contributed by atoms with Gasteiger partial charge in [-0.25, -0.2) is 13.2 Å². The summed E-state index contributed by atoms with van der Waals surface area (Å²) in [6.45, 7) is 6.64. The van der Waals surface area contributed by atoms with Crippen molar-refractivity contribution < 1.29 is 27.8 Å². The lowest BCUT2D eigenvalue weighted by molar-refractivity contribution is -0.141. The summed E-state index contributed by atoms with van der Waals surface area (Å²) in [5, 5.41) is 12.2. The Morgan fingerprint density at radius 1 is 1.09 bits per heavy atom. The van der Waals surface area contributed by atoms with Crippen molar-refractivity contribution >= 4 is 15.9 Å². The van der Waals surface area contributed by atoms with E-state index in [1.165, 1.54) is 12.1 Å². The summed E-state index contributed by atoms with van der Waals surface area (Å²) in [4.78, 5) is 15.9. The summed E-state index contributed by atoms with van der Waals surface area (Å²) in [5.41, 5.74) is 9.25. The van der Waals surface area contributed by atoms with E-state index in [2.05, 4.69) is 10.0 Å². The second-order valence-corrected chi connectivity index (χ2v) is 9.68. The van der Waals surface area contributed by atoms with E-state index < -0.39 is 27.6 Å². The highest BCUT2D eigenvalue weighted by Crippen LogP contribution is 2.25. The Labute approximate surface area is 196 Å². The highest BCUT2D eigenvalue weighted by molar-refractivity contribution is 7.92. The molecule has 186 valence electrons. The second-order valence-electron chi connectivity index (χ2n) is 7.57. The van der Waals surface area contributed by atoms with Gasteiger partial charge in [0.15, 0.2) is 16.1 Å². The molecule has 0 aliphatic carbocycles. The van der Waals surface area contributed by atoms with Crippen LogP contribution in [0.3, 0.4) is 0 Å². The molecule has 1 aromatic carbocycles. The van der Waals surface area contributed by atoms with Crippen LogP contribution < -0.4 is 0 Å². The van der Waals surface area contributed by atoms with Gasteiger partial charge >= 0.3 is 6.09 Å². The highest BCUT2D eigenvalue weighted by Gasteiger charge is 2.35. The fraction of sp³-hybridized carbons (Fsp3) is 0.682. The number of unbranched alkanes of at least 4 members (excludes halogenated alkanes) is 3. The van der Waals surface area contributed by atoms with Crippen molar-refractivity contribution in [2.24, 2.45) is 5.11 Å². The number of benzene rings is 1. The smallest absolute Gasteiger partial charge is 0.408 e. The van der Waals surface area contributed by atoms with Crippen LogP contribution in [0.2, 0.25) is 0 Å². The lowest BCUT2D eigenvalue weighted by Crippen LogP contribution is -2.46. The van der Waals surface area contributed by atoms with Gasteiger partial charge in [0.2, 0.25) is 0 Å². The number of ether oxygens (including phenoxy) is 2. The Balaban J connectivity index is 3.06. The van der Waals surface area contributed by atoms with Crippen LogP contribution in [0, 0.1) is 6.92 Å². The molecule has 0 bridgehead atoms. The summed E-state index contributed by atoms with van der Waals surface area (Å²) < 4.78 is 37.9. The summed E-state index contributed by atoms with van der Waals surface area (Å²) in [6.07, 6.45) is 1.17. The first-order chi connectivity index (χ1) is 15.8. The molecule has 0 spiro atoms. The second kappa shape index (κ2) is 15.5. The van der Waals surface area contributed by atoms with E-state index in [0.29, 0.717) is 39.0 Å². The van der Waals surface area contributed by atoms with Gasteiger partial charge in [0, 0.05) is 37.6 Å². The first-order valence-electron chi connectivity index (χ1n) is 11.3. The maximum atomic E-state index is 13.5. The van der Waals surface area contributed by atoms with Gasteiger partial charge in [-0.3, -0.25) is 4.90 Å². The lowest BCUT2D eigenvalue weighted by Gasteiger charge is -2.30. The number of aryl methyl sites for hydroxylation is 1. The van der Waals surface area contributed by atoms with Gasteiger partial charge in [-0.1, -0.05) is 42.1 Å². The van der Waals surface area contributed by atoms with E-state index in [1.54, 1.807) is 12.1 Å². The summed E-state index contributed by atoms with van der Waals surface area (Å²) >= 11 is 0. The topological polar surface area (TPSA) is 142 Å². The van der Waals surface area contributed by atoms with Crippen molar-refractivity contribution in [2.45, 2.75) is 75.9 Å². The van der Waals surface area contributed by atoms with E-state index in [9.17, 15) is 18.3 Å². The number of amides is 1. The minimum Gasteiger partial charge on any atom is -0.465 e. The predicted molar refractivity (Wildman–Crippen MR) is 126 cm³/mol. The fourth-order valence-electron chi connectivity index (χ4n) is 3.46. The molecule has 1 rings (SSSR count). The molecule has 0 heterocycles. The van der Waals surface area contributed by atoms with Crippen LogP contribution in [0.25, 0.3) is 10.4 Å². The highest BCUT2D eigenvalue weighted by atomic mass is 32.2. The molecule has 1 aromatic rings. The normalized spacial score (nSPS) is 12.4. The first-order valence-corrected chi connectivity index (χ1v) is 12.9. The summed E-state index contributed by atoms with van der Waals surface area (Å²) in [5.74, 6) is 0. The Hall–Kier alpha value is -2.33. The number of carbonyl (C=O) groups is 1. The van der Waals surface area contributed by atoms with Gasteiger partial charge in [0.05, 0.1) is 4.90 Å². The monoisotopic (exact) mass is 484 g/mol. The van der Waals surface area contributed by atoms with Crippen LogP contribution in [0.5, 0.6) is 0 Å². The minimum atomic E-state index is -3.94. The number of nitrogens with zero attached hydrogens (tertiary/aromatic N) is 4. The SMILES string of the molecule is CCOC(CCN(C(=O)O)C(CCCCCCN=[N+]=[N-])S(=O)(=O)c1ccc(C)cc1)OCC. The molecule has 1 N–H and O–H groups in total. The molecule has 1 amide bonds. The van der Waals surface area contributed by atoms with E-state index in [0.717, 1.165) is 16.9 Å². The molecule has 0 radical (unpaired) electrons. The number of hydrogen-bond acceptors (Lipinski definition) is 6. The summed E-state index contributed by atoms with van der Waals surface area (Å²) in [6, 6.07) is 6.43. The Kier molecular flexibility index (Phi) is 13.5. The molecule has 0 aliphatic heterocycles. The van der Waals surface area contributed by atoms with Crippen molar-refractivity contribution in [1.82, 2.24) is 4.90 Å². The van der Waals surface area contributed by atoms with Gasteiger partial charge < -0.3 is 14.6 Å². The molecule has 1 atom stereocenters. The van der Waals surface area contributed by atoms with Crippen LogP contribution in [-0.4, -0.2) is 62.5 Å². The third-order valence-electron chi connectivity index (χ3n) is 5.13. The van der Waals surface area contributed by atoms with Crippen LogP contribution in [0.1, 0.15) is 57.9 Å². The maximum Gasteiger partial charge on any atom is 0.408 e.